The number of hydrogen-bond donors (Lipinski definition) is 1. The summed E-state index contributed by atoms with van der Waals surface area (Å²) in [7, 11) is 0. The molecule has 0 aromatic carbocycles. The maximum Gasteiger partial charge on any atom is 0.332 e. The summed E-state index contributed by atoms with van der Waals surface area (Å²) in [5.41, 5.74) is 0. The fraction of sp³-hybridized carbons (Fsp3) is 0.500. The topological polar surface area (TPSA) is 64.4 Å². The van der Waals surface area contributed by atoms with Crippen LogP contribution in [-0.2, 0) is 16.1 Å². The van der Waals surface area contributed by atoms with Crippen LogP contribution in [0.3, 0.4) is 0 Å². The van der Waals surface area contributed by atoms with Crippen LogP contribution in [0.5, 0.6) is 0 Å². The van der Waals surface area contributed by atoms with E-state index >= 15 is 0 Å². The lowest BCUT2D eigenvalue weighted by Gasteiger charge is -2.07. The fourth-order valence-corrected chi connectivity index (χ4v) is 0.825. The van der Waals surface area contributed by atoms with Crippen molar-refractivity contribution >= 4 is 18.4 Å². The van der Waals surface area contributed by atoms with Crippen LogP contribution in [0.2, 0.25) is 0 Å². The average Bonchev–Trinajstić information content (AvgIpc) is 2.56. The van der Waals surface area contributed by atoms with Gasteiger partial charge in [-0.3, -0.25) is 0 Å². The molecule has 14 heavy (non-hydrogen) atoms. The highest BCUT2D eigenvalue weighted by atomic mass is 35.5. The summed E-state index contributed by atoms with van der Waals surface area (Å²) in [5.74, 6) is -0.939. The van der Waals surface area contributed by atoms with E-state index in [9.17, 15) is 4.79 Å². The summed E-state index contributed by atoms with van der Waals surface area (Å²) >= 11 is 0. The summed E-state index contributed by atoms with van der Waals surface area (Å²) in [6.45, 7) is 2.51. The lowest BCUT2D eigenvalue weighted by Crippen LogP contribution is -2.21. The minimum absolute atomic E-state index is 0. The van der Waals surface area contributed by atoms with Crippen molar-refractivity contribution in [1.29, 1.82) is 0 Å². The van der Waals surface area contributed by atoms with Gasteiger partial charge in [-0.05, 0) is 6.92 Å². The van der Waals surface area contributed by atoms with Crippen LogP contribution in [0, 0.1) is 0 Å². The van der Waals surface area contributed by atoms with Crippen molar-refractivity contribution < 1.29 is 14.6 Å². The van der Waals surface area contributed by atoms with Gasteiger partial charge in [-0.25, -0.2) is 9.78 Å². The molecule has 1 atom stereocenters. The molecule has 0 aliphatic rings. The number of aliphatic carboxylic acids is 1. The van der Waals surface area contributed by atoms with E-state index in [2.05, 4.69) is 4.98 Å². The quantitative estimate of drug-likeness (QED) is 0.797. The maximum atomic E-state index is 10.3. The molecular formula is C8H13ClN2O3. The second kappa shape index (κ2) is 6.39. The Kier molecular flexibility index (Phi) is 5.91. The Morgan fingerprint density at radius 1 is 1.71 bits per heavy atom. The minimum atomic E-state index is -0.939. The SMILES string of the molecule is CC(OCCn1ccnc1)C(=O)O.Cl. The summed E-state index contributed by atoms with van der Waals surface area (Å²) in [6, 6.07) is 0. The van der Waals surface area contributed by atoms with E-state index in [0.717, 1.165) is 0 Å². The highest BCUT2D eigenvalue weighted by molar-refractivity contribution is 5.85. The number of halogens is 1. The molecule has 0 aliphatic carbocycles. The fourth-order valence-electron chi connectivity index (χ4n) is 0.825. The monoisotopic (exact) mass is 220 g/mol. The molecule has 0 amide bonds. The first-order valence-electron chi connectivity index (χ1n) is 4.00. The van der Waals surface area contributed by atoms with Crippen molar-refractivity contribution in [2.24, 2.45) is 0 Å². The van der Waals surface area contributed by atoms with E-state index in [1.807, 2.05) is 4.57 Å². The maximum absolute atomic E-state index is 10.3. The number of ether oxygens (including phenoxy) is 1. The molecule has 0 saturated heterocycles. The van der Waals surface area contributed by atoms with Gasteiger partial charge in [0.05, 0.1) is 12.9 Å². The van der Waals surface area contributed by atoms with Crippen LogP contribution in [0.1, 0.15) is 6.92 Å². The third-order valence-electron chi connectivity index (χ3n) is 1.62. The summed E-state index contributed by atoms with van der Waals surface area (Å²) < 4.78 is 6.86. The first kappa shape index (κ1) is 12.9. The smallest absolute Gasteiger partial charge is 0.332 e. The second-order valence-corrected chi connectivity index (χ2v) is 2.65. The Morgan fingerprint density at radius 3 is 2.93 bits per heavy atom. The van der Waals surface area contributed by atoms with Gasteiger partial charge in [0.1, 0.15) is 0 Å². The molecule has 0 aliphatic heterocycles. The van der Waals surface area contributed by atoms with Crippen molar-refractivity contribution in [2.45, 2.75) is 19.6 Å². The van der Waals surface area contributed by atoms with Crippen molar-refractivity contribution in [3.8, 4) is 0 Å². The zero-order valence-corrected chi connectivity index (χ0v) is 8.61. The van der Waals surface area contributed by atoms with E-state index in [0.29, 0.717) is 13.2 Å². The highest BCUT2D eigenvalue weighted by Gasteiger charge is 2.09. The lowest BCUT2D eigenvalue weighted by atomic mass is 10.4. The van der Waals surface area contributed by atoms with Gasteiger partial charge < -0.3 is 14.4 Å². The number of aromatic nitrogens is 2. The van der Waals surface area contributed by atoms with Crippen molar-refractivity contribution in [1.82, 2.24) is 9.55 Å². The number of carboxylic acid groups (broad SMARTS) is 1. The van der Waals surface area contributed by atoms with Gasteiger partial charge in [0.25, 0.3) is 0 Å². The molecule has 0 radical (unpaired) electrons. The Morgan fingerprint density at radius 2 is 2.43 bits per heavy atom. The van der Waals surface area contributed by atoms with E-state index in [-0.39, 0.29) is 12.4 Å². The van der Waals surface area contributed by atoms with Gasteiger partial charge in [-0.1, -0.05) is 0 Å². The van der Waals surface area contributed by atoms with Crippen LogP contribution >= 0.6 is 12.4 Å². The summed E-state index contributed by atoms with van der Waals surface area (Å²) in [6.07, 6.45) is 4.38. The van der Waals surface area contributed by atoms with Crippen LogP contribution in [-0.4, -0.2) is 33.3 Å². The molecule has 0 spiro atoms. The number of imidazole rings is 1. The van der Waals surface area contributed by atoms with Crippen LogP contribution < -0.4 is 0 Å². The van der Waals surface area contributed by atoms with Gasteiger partial charge >= 0.3 is 5.97 Å². The zero-order chi connectivity index (χ0) is 9.68. The Bertz CT molecular complexity index is 264. The molecule has 0 fully saturated rings. The molecule has 1 aromatic rings. The molecule has 80 valence electrons. The van der Waals surface area contributed by atoms with E-state index in [1.54, 1.807) is 18.7 Å². The van der Waals surface area contributed by atoms with Gasteiger partial charge in [-0.2, -0.15) is 0 Å². The average molecular weight is 221 g/mol. The number of carboxylic acids is 1. The van der Waals surface area contributed by atoms with Crippen molar-refractivity contribution in [2.75, 3.05) is 6.61 Å². The predicted molar refractivity (Wildman–Crippen MR) is 52.5 cm³/mol. The van der Waals surface area contributed by atoms with Crippen molar-refractivity contribution in [3.05, 3.63) is 18.7 Å². The molecule has 1 rings (SSSR count). The molecule has 5 nitrogen and oxygen atoms in total. The molecular weight excluding hydrogens is 208 g/mol. The third-order valence-corrected chi connectivity index (χ3v) is 1.62. The van der Waals surface area contributed by atoms with Crippen LogP contribution in [0.25, 0.3) is 0 Å². The minimum Gasteiger partial charge on any atom is -0.479 e. The Balaban J connectivity index is 0.00000169. The summed E-state index contributed by atoms with van der Waals surface area (Å²) in [5, 5.41) is 8.50. The van der Waals surface area contributed by atoms with Crippen molar-refractivity contribution in [3.63, 3.8) is 0 Å². The first-order chi connectivity index (χ1) is 6.20. The second-order valence-electron chi connectivity index (χ2n) is 2.65. The third kappa shape index (κ3) is 4.25. The number of rotatable bonds is 5. The number of carbonyl (C=O) groups is 1. The Hall–Kier alpha value is -1.07. The number of hydrogen-bond acceptors (Lipinski definition) is 3. The molecule has 6 heteroatoms. The van der Waals surface area contributed by atoms with E-state index in [1.165, 1.54) is 6.92 Å². The van der Waals surface area contributed by atoms with Gasteiger partial charge in [0, 0.05) is 18.9 Å². The van der Waals surface area contributed by atoms with E-state index < -0.39 is 12.1 Å². The molecule has 1 N–H and O–H groups in total. The highest BCUT2D eigenvalue weighted by Crippen LogP contribution is 1.92. The zero-order valence-electron chi connectivity index (χ0n) is 7.79. The van der Waals surface area contributed by atoms with Gasteiger partial charge in [0.2, 0.25) is 0 Å². The number of nitrogens with zero attached hydrogens (tertiary/aromatic N) is 2. The molecule has 0 bridgehead atoms. The standard InChI is InChI=1S/C8H12N2O3.ClH/c1-7(8(11)12)13-5-4-10-3-2-9-6-10;/h2-3,6-7H,4-5H2,1H3,(H,11,12);1H. The molecule has 0 saturated carbocycles. The predicted octanol–water partition coefficient (Wildman–Crippen LogP) is 0.795. The van der Waals surface area contributed by atoms with E-state index in [4.69, 9.17) is 9.84 Å². The molecule has 1 aromatic heterocycles. The van der Waals surface area contributed by atoms with Crippen LogP contribution in [0.15, 0.2) is 18.7 Å². The largest absolute Gasteiger partial charge is 0.479 e. The molecule has 1 unspecified atom stereocenters. The van der Waals surface area contributed by atoms with Gasteiger partial charge in [-0.15, -0.1) is 12.4 Å². The summed E-state index contributed by atoms with van der Waals surface area (Å²) in [4.78, 5) is 14.2. The Labute approximate surface area is 88.1 Å². The van der Waals surface area contributed by atoms with Crippen LogP contribution in [0.4, 0.5) is 0 Å². The molecule has 1 heterocycles. The first-order valence-corrected chi connectivity index (χ1v) is 4.00. The van der Waals surface area contributed by atoms with Gasteiger partial charge in [0.15, 0.2) is 6.10 Å². The lowest BCUT2D eigenvalue weighted by molar-refractivity contribution is -0.149. The normalized spacial score (nSPS) is 11.8.